The zero-order valence-electron chi connectivity index (χ0n) is 14.5. The van der Waals surface area contributed by atoms with Crippen LogP contribution in [0, 0.1) is 6.92 Å². The number of hydrogen-bond donors (Lipinski definition) is 2. The first-order valence-electron chi connectivity index (χ1n) is 8.26. The van der Waals surface area contributed by atoms with E-state index in [1.54, 1.807) is 7.11 Å². The highest BCUT2D eigenvalue weighted by Crippen LogP contribution is 2.32. The summed E-state index contributed by atoms with van der Waals surface area (Å²) in [5, 5.41) is 3.09. The highest BCUT2D eigenvalue weighted by Gasteiger charge is 2.10. The van der Waals surface area contributed by atoms with Crippen molar-refractivity contribution in [2.24, 2.45) is 10.7 Å². The monoisotopic (exact) mass is 341 g/mol. The summed E-state index contributed by atoms with van der Waals surface area (Å²) in [6, 6.07) is 11.6. The normalized spacial score (nSPS) is 13.9. The highest BCUT2D eigenvalue weighted by molar-refractivity contribution is 5.92. The molecule has 0 aromatic heterocycles. The van der Waals surface area contributed by atoms with Crippen molar-refractivity contribution in [2.45, 2.75) is 19.9 Å². The van der Waals surface area contributed by atoms with E-state index in [0.717, 1.165) is 40.5 Å². The number of rotatable bonds is 4. The van der Waals surface area contributed by atoms with E-state index in [0.29, 0.717) is 25.7 Å². The second kappa shape index (κ2) is 7.79. The smallest absolute Gasteiger partial charge is 0.193 e. The minimum absolute atomic E-state index is 0.350. The van der Waals surface area contributed by atoms with E-state index in [1.807, 2.05) is 43.3 Å². The second-order valence-corrected chi connectivity index (χ2v) is 5.84. The summed E-state index contributed by atoms with van der Waals surface area (Å²) in [7, 11) is 1.66. The molecule has 132 valence electrons. The summed E-state index contributed by atoms with van der Waals surface area (Å²) in [5.41, 5.74) is 8.96. The summed E-state index contributed by atoms with van der Waals surface area (Å²) in [4.78, 5) is 4.39. The van der Waals surface area contributed by atoms with Crippen LogP contribution >= 0.6 is 0 Å². The number of nitrogens with two attached hydrogens (primary N) is 1. The number of fused-ring (bicyclic) bond motifs is 1. The molecular weight excluding hydrogens is 318 g/mol. The molecule has 0 aliphatic carbocycles. The molecule has 0 saturated carbocycles. The molecule has 0 radical (unpaired) electrons. The van der Waals surface area contributed by atoms with Crippen LogP contribution in [0.4, 0.5) is 5.69 Å². The van der Waals surface area contributed by atoms with Gasteiger partial charge >= 0.3 is 0 Å². The molecule has 0 saturated heterocycles. The average molecular weight is 341 g/mol. The Bertz CT molecular complexity index is 775. The van der Waals surface area contributed by atoms with Crippen LogP contribution in [0.2, 0.25) is 0 Å². The maximum atomic E-state index is 6.00. The molecule has 6 heteroatoms. The SMILES string of the molecule is COc1ccc(CN=C(N)Nc2ccc3c(c2)OCCCO3)cc1C. The molecule has 1 heterocycles. The molecule has 1 aliphatic heterocycles. The summed E-state index contributed by atoms with van der Waals surface area (Å²) in [6.45, 7) is 3.82. The van der Waals surface area contributed by atoms with E-state index in [1.165, 1.54) is 0 Å². The highest BCUT2D eigenvalue weighted by atomic mass is 16.5. The third kappa shape index (κ3) is 4.35. The van der Waals surface area contributed by atoms with Crippen LogP contribution in [-0.2, 0) is 6.54 Å². The van der Waals surface area contributed by atoms with Gasteiger partial charge in [-0.2, -0.15) is 0 Å². The van der Waals surface area contributed by atoms with Crippen molar-refractivity contribution in [3.63, 3.8) is 0 Å². The molecule has 3 rings (SSSR count). The average Bonchev–Trinajstić information content (AvgIpc) is 2.85. The molecule has 2 aromatic carbocycles. The lowest BCUT2D eigenvalue weighted by Gasteiger charge is -2.11. The Morgan fingerprint density at radius 3 is 2.72 bits per heavy atom. The van der Waals surface area contributed by atoms with E-state index in [2.05, 4.69) is 10.3 Å². The number of hydrogen-bond acceptors (Lipinski definition) is 4. The molecule has 25 heavy (non-hydrogen) atoms. The largest absolute Gasteiger partial charge is 0.496 e. The Morgan fingerprint density at radius 1 is 1.16 bits per heavy atom. The Kier molecular flexibility index (Phi) is 5.28. The van der Waals surface area contributed by atoms with Gasteiger partial charge in [0.25, 0.3) is 0 Å². The van der Waals surface area contributed by atoms with Crippen molar-refractivity contribution in [3.05, 3.63) is 47.5 Å². The minimum atomic E-state index is 0.350. The Balaban J connectivity index is 1.65. The molecule has 6 nitrogen and oxygen atoms in total. The summed E-state index contributed by atoms with van der Waals surface area (Å²) < 4.78 is 16.6. The topological polar surface area (TPSA) is 78.1 Å². The molecule has 0 amide bonds. The van der Waals surface area contributed by atoms with Crippen molar-refractivity contribution >= 4 is 11.6 Å². The van der Waals surface area contributed by atoms with Crippen LogP contribution in [-0.4, -0.2) is 26.3 Å². The van der Waals surface area contributed by atoms with Gasteiger partial charge in [0.05, 0.1) is 26.9 Å². The molecule has 0 spiro atoms. The van der Waals surface area contributed by atoms with Crippen molar-refractivity contribution in [1.29, 1.82) is 0 Å². The van der Waals surface area contributed by atoms with Crippen molar-refractivity contribution in [1.82, 2.24) is 0 Å². The van der Waals surface area contributed by atoms with E-state index >= 15 is 0 Å². The number of aliphatic imine (C=N–C) groups is 1. The van der Waals surface area contributed by atoms with E-state index in [-0.39, 0.29) is 0 Å². The lowest BCUT2D eigenvalue weighted by Crippen LogP contribution is -2.22. The molecule has 3 N–H and O–H groups in total. The van der Waals surface area contributed by atoms with Crippen molar-refractivity contribution in [2.75, 3.05) is 25.6 Å². The molecule has 2 aromatic rings. The van der Waals surface area contributed by atoms with Gasteiger partial charge in [-0.25, -0.2) is 4.99 Å². The summed E-state index contributed by atoms with van der Waals surface area (Å²) in [5.74, 6) is 2.70. The summed E-state index contributed by atoms with van der Waals surface area (Å²) in [6.07, 6.45) is 0.877. The number of nitrogens with zero attached hydrogens (tertiary/aromatic N) is 1. The minimum Gasteiger partial charge on any atom is -0.496 e. The van der Waals surface area contributed by atoms with Crippen LogP contribution < -0.4 is 25.3 Å². The van der Waals surface area contributed by atoms with E-state index in [4.69, 9.17) is 19.9 Å². The van der Waals surface area contributed by atoms with Gasteiger partial charge in [-0.3, -0.25) is 0 Å². The van der Waals surface area contributed by atoms with Gasteiger partial charge < -0.3 is 25.3 Å². The summed E-state index contributed by atoms with van der Waals surface area (Å²) >= 11 is 0. The Hall–Kier alpha value is -2.89. The number of benzene rings is 2. The number of aryl methyl sites for hydroxylation is 1. The number of anilines is 1. The van der Waals surface area contributed by atoms with E-state index < -0.39 is 0 Å². The third-order valence-electron chi connectivity index (χ3n) is 3.91. The van der Waals surface area contributed by atoms with E-state index in [9.17, 15) is 0 Å². The fraction of sp³-hybridized carbons (Fsp3) is 0.316. The fourth-order valence-electron chi connectivity index (χ4n) is 2.64. The van der Waals surface area contributed by atoms with Gasteiger partial charge in [-0.15, -0.1) is 0 Å². The zero-order chi connectivity index (χ0) is 17.6. The molecule has 0 atom stereocenters. The maximum absolute atomic E-state index is 6.00. The van der Waals surface area contributed by atoms with Crippen LogP contribution in [0.15, 0.2) is 41.4 Å². The van der Waals surface area contributed by atoms with Crippen LogP contribution in [0.1, 0.15) is 17.5 Å². The maximum Gasteiger partial charge on any atom is 0.193 e. The van der Waals surface area contributed by atoms with Gasteiger partial charge in [0.1, 0.15) is 5.75 Å². The van der Waals surface area contributed by atoms with Crippen molar-refractivity contribution in [3.8, 4) is 17.2 Å². The van der Waals surface area contributed by atoms with Crippen LogP contribution in [0.5, 0.6) is 17.2 Å². The van der Waals surface area contributed by atoms with Crippen LogP contribution in [0.3, 0.4) is 0 Å². The van der Waals surface area contributed by atoms with Gasteiger partial charge in [0, 0.05) is 18.2 Å². The molecular formula is C19H23N3O3. The molecule has 0 bridgehead atoms. The predicted molar refractivity (Wildman–Crippen MR) is 98.7 cm³/mol. The fourth-order valence-corrected chi connectivity index (χ4v) is 2.64. The zero-order valence-corrected chi connectivity index (χ0v) is 14.5. The molecule has 1 aliphatic rings. The number of nitrogens with one attached hydrogen (secondary N) is 1. The lowest BCUT2D eigenvalue weighted by molar-refractivity contribution is 0.297. The lowest BCUT2D eigenvalue weighted by atomic mass is 10.1. The molecule has 0 fully saturated rings. The van der Waals surface area contributed by atoms with Gasteiger partial charge in [-0.05, 0) is 36.2 Å². The van der Waals surface area contributed by atoms with Gasteiger partial charge in [0.2, 0.25) is 0 Å². The Morgan fingerprint density at radius 2 is 1.96 bits per heavy atom. The van der Waals surface area contributed by atoms with Crippen molar-refractivity contribution < 1.29 is 14.2 Å². The number of ether oxygens (including phenoxy) is 3. The predicted octanol–water partition coefficient (Wildman–Crippen LogP) is 3.09. The van der Waals surface area contributed by atoms with Crippen LogP contribution in [0.25, 0.3) is 0 Å². The first-order valence-corrected chi connectivity index (χ1v) is 8.26. The standard InChI is InChI=1S/C19H23N3O3/c1-13-10-14(4-6-16(13)23-2)12-21-19(20)22-15-5-7-17-18(11-15)25-9-3-8-24-17/h4-7,10-11H,3,8-9,12H2,1-2H3,(H3,20,21,22). The quantitative estimate of drug-likeness (QED) is 0.660. The third-order valence-corrected chi connectivity index (χ3v) is 3.91. The second-order valence-electron chi connectivity index (χ2n) is 5.84. The Labute approximate surface area is 147 Å². The van der Waals surface area contributed by atoms with Gasteiger partial charge in [0.15, 0.2) is 17.5 Å². The molecule has 0 unspecified atom stereocenters. The number of methoxy groups -OCH3 is 1. The number of guanidine groups is 1. The first-order chi connectivity index (χ1) is 12.2. The van der Waals surface area contributed by atoms with Gasteiger partial charge in [-0.1, -0.05) is 12.1 Å². The first kappa shape index (κ1) is 17.0.